The van der Waals surface area contributed by atoms with E-state index in [9.17, 15) is 43.5 Å². The highest BCUT2D eigenvalue weighted by Gasteiger charge is 2.36. The van der Waals surface area contributed by atoms with E-state index in [1.54, 1.807) is 0 Å². The molecule has 260 valence electrons. The first-order valence-electron chi connectivity index (χ1n) is 15.6. The monoisotopic (exact) mass is 730 g/mol. The highest BCUT2D eigenvalue weighted by atomic mass is 35.5. The van der Waals surface area contributed by atoms with Crippen molar-refractivity contribution in [1.82, 2.24) is 9.80 Å². The average molecular weight is 731 g/mol. The number of nitrogens with zero attached hydrogens (tertiary/aromatic N) is 2. The first-order chi connectivity index (χ1) is 23.2. The Bertz CT molecular complexity index is 1720. The van der Waals surface area contributed by atoms with Crippen molar-refractivity contribution < 1.29 is 48.2 Å². The highest BCUT2D eigenvalue weighted by Crippen LogP contribution is 2.36. The first kappa shape index (κ1) is 37.8. The normalized spacial score (nSPS) is 14.4. The molecule has 2 aliphatic rings. The molecule has 0 atom stereocenters. The number of carboxylic acid groups (broad SMARTS) is 1. The van der Waals surface area contributed by atoms with Crippen LogP contribution in [-0.2, 0) is 23.9 Å². The molecule has 2 fully saturated rings. The van der Waals surface area contributed by atoms with E-state index in [1.165, 1.54) is 54.8 Å². The smallest absolute Gasteiger partial charge is 0.335 e. The second-order valence-electron chi connectivity index (χ2n) is 11.8. The van der Waals surface area contributed by atoms with Gasteiger partial charge in [0.2, 0.25) is 0 Å². The maximum Gasteiger partial charge on any atom is 0.335 e. The van der Waals surface area contributed by atoms with E-state index >= 15 is 0 Å². The molecule has 2 aromatic rings. The fourth-order valence-electron chi connectivity index (χ4n) is 5.70. The van der Waals surface area contributed by atoms with Crippen molar-refractivity contribution >= 4 is 80.9 Å². The van der Waals surface area contributed by atoms with Crippen molar-refractivity contribution in [2.24, 2.45) is 0 Å². The Balaban J connectivity index is 1.57. The maximum atomic E-state index is 13.9. The molecule has 12 nitrogen and oxygen atoms in total. The van der Waals surface area contributed by atoms with E-state index in [0.717, 1.165) is 48.9 Å². The molecule has 15 heteroatoms. The Labute approximate surface area is 296 Å². The Kier molecular flexibility index (Phi) is 12.8. The number of carbonyl (C=O) groups excluding carboxylic acids is 7. The van der Waals surface area contributed by atoms with E-state index in [4.69, 9.17) is 16.3 Å². The van der Waals surface area contributed by atoms with Gasteiger partial charge in [0.15, 0.2) is 16.0 Å². The number of halogens is 1. The number of carbonyl (C=O) groups is 8. The number of rotatable bonds is 12. The quantitative estimate of drug-likeness (QED) is 0.123. The Morgan fingerprint density at radius 3 is 1.71 bits per heavy atom. The lowest BCUT2D eigenvalue weighted by Crippen LogP contribution is -2.48. The van der Waals surface area contributed by atoms with Crippen LogP contribution in [0.15, 0.2) is 40.1 Å². The summed E-state index contributed by atoms with van der Waals surface area (Å²) in [5.41, 5.74) is -0.146. The minimum absolute atomic E-state index is 0.0259. The summed E-state index contributed by atoms with van der Waals surface area (Å²) in [6, 6.07) is 5.71. The summed E-state index contributed by atoms with van der Waals surface area (Å²) in [6.07, 6.45) is 4.62. The molecule has 2 aromatic carbocycles. The van der Waals surface area contributed by atoms with Gasteiger partial charge in [-0.15, -0.1) is 0 Å². The van der Waals surface area contributed by atoms with Gasteiger partial charge < -0.3 is 19.6 Å². The molecule has 0 heterocycles. The molecular formula is C34H35ClN2O10S2. The lowest BCUT2D eigenvalue weighted by Gasteiger charge is -2.37. The molecule has 0 radical (unpaired) electrons. The molecule has 2 saturated carbocycles. The number of ether oxygens (including phenoxy) is 1. The molecule has 2 amide bonds. The van der Waals surface area contributed by atoms with E-state index in [2.05, 4.69) is 0 Å². The minimum atomic E-state index is -1.28. The zero-order valence-corrected chi connectivity index (χ0v) is 29.5. The van der Waals surface area contributed by atoms with Gasteiger partial charge in [0.1, 0.15) is 13.1 Å². The van der Waals surface area contributed by atoms with Crippen molar-refractivity contribution in [1.29, 1.82) is 0 Å². The van der Waals surface area contributed by atoms with Crippen LogP contribution in [0, 0.1) is 0 Å². The number of hydrogen-bond acceptors (Lipinski definition) is 11. The molecule has 0 bridgehead atoms. The molecule has 49 heavy (non-hydrogen) atoms. The number of Topliss-reactive ketones (excluding diaryl/α,β-unsaturated/α-hetero) is 1. The standard InChI is InChI=1S/C34H35ClN2O10S2/c1-18(38)22-14-26(31(27(35)15-22)49-20(3)40)33(44)37(24-9-6-10-24)17-30(42)47-29(41)16-36(23-7-4-5-8-23)32(43)25-13-21(34(45)46)11-12-28(25)48-19(2)39/h11-15,23-24H,4-10,16-17H2,1-3H3,(H,45,46). The largest absolute Gasteiger partial charge is 0.478 e. The van der Waals surface area contributed by atoms with Gasteiger partial charge in [0.25, 0.3) is 11.8 Å². The number of ketones is 1. The predicted molar refractivity (Wildman–Crippen MR) is 181 cm³/mol. The summed E-state index contributed by atoms with van der Waals surface area (Å²) in [4.78, 5) is 105. The van der Waals surface area contributed by atoms with Crippen LogP contribution >= 0.6 is 35.1 Å². The summed E-state index contributed by atoms with van der Waals surface area (Å²) >= 11 is 7.87. The SMILES string of the molecule is CC(=O)Sc1ccc(C(=O)O)cc1C(=O)N(CC(=O)OC(=O)CN(C(=O)c1cc(C(C)=O)cc(Cl)c1SC(C)=O)C1CCC1)C1CCCC1. The van der Waals surface area contributed by atoms with Gasteiger partial charge in [-0.25, -0.2) is 14.4 Å². The van der Waals surface area contributed by atoms with Crippen LogP contribution in [0.25, 0.3) is 0 Å². The third kappa shape index (κ3) is 9.58. The van der Waals surface area contributed by atoms with E-state index < -0.39 is 48.9 Å². The van der Waals surface area contributed by atoms with E-state index in [-0.39, 0.29) is 59.1 Å². The Morgan fingerprint density at radius 1 is 0.735 bits per heavy atom. The van der Waals surface area contributed by atoms with Crippen molar-refractivity contribution in [2.75, 3.05) is 13.1 Å². The van der Waals surface area contributed by atoms with Crippen LogP contribution in [0.4, 0.5) is 0 Å². The van der Waals surface area contributed by atoms with Crippen molar-refractivity contribution in [2.45, 2.75) is 87.6 Å². The lowest BCUT2D eigenvalue weighted by atomic mass is 9.90. The van der Waals surface area contributed by atoms with Crippen LogP contribution in [0.2, 0.25) is 5.02 Å². The number of esters is 2. The summed E-state index contributed by atoms with van der Waals surface area (Å²) < 4.78 is 5.14. The van der Waals surface area contributed by atoms with Crippen molar-refractivity contribution in [3.8, 4) is 0 Å². The maximum absolute atomic E-state index is 13.9. The molecule has 0 aromatic heterocycles. The van der Waals surface area contributed by atoms with Gasteiger partial charge in [0, 0.05) is 41.3 Å². The molecular weight excluding hydrogens is 696 g/mol. The van der Waals surface area contributed by atoms with E-state index in [0.29, 0.717) is 25.7 Å². The van der Waals surface area contributed by atoms with Gasteiger partial charge in [-0.05, 0) is 81.1 Å². The van der Waals surface area contributed by atoms with Crippen LogP contribution in [0.5, 0.6) is 0 Å². The number of thioether (sulfide) groups is 2. The molecule has 0 spiro atoms. The van der Waals surface area contributed by atoms with Gasteiger partial charge >= 0.3 is 17.9 Å². The topological polar surface area (TPSA) is 172 Å². The van der Waals surface area contributed by atoms with Crippen molar-refractivity contribution in [3.05, 3.63) is 57.6 Å². The summed E-state index contributed by atoms with van der Waals surface area (Å²) in [6.45, 7) is 2.64. The molecule has 2 aliphatic carbocycles. The number of hydrogen-bond donors (Lipinski definition) is 1. The fraction of sp³-hybridized carbons (Fsp3) is 0.412. The minimum Gasteiger partial charge on any atom is -0.478 e. The number of carboxylic acids is 1. The van der Waals surface area contributed by atoms with E-state index in [1.807, 2.05) is 0 Å². The van der Waals surface area contributed by atoms with Crippen LogP contribution in [-0.4, -0.2) is 85.8 Å². The highest BCUT2D eigenvalue weighted by molar-refractivity contribution is 8.14. The van der Waals surface area contributed by atoms with Gasteiger partial charge in [-0.1, -0.05) is 36.2 Å². The number of benzene rings is 2. The number of aromatic carboxylic acids is 1. The average Bonchev–Trinajstić information content (AvgIpc) is 3.53. The molecule has 0 aliphatic heterocycles. The lowest BCUT2D eigenvalue weighted by molar-refractivity contribution is -0.161. The van der Waals surface area contributed by atoms with Crippen LogP contribution in [0.1, 0.15) is 107 Å². The molecule has 0 saturated heterocycles. The Morgan fingerprint density at radius 2 is 1.24 bits per heavy atom. The van der Waals surface area contributed by atoms with Gasteiger partial charge in [-0.2, -0.15) is 0 Å². The second-order valence-corrected chi connectivity index (χ2v) is 14.6. The molecule has 0 unspecified atom stereocenters. The van der Waals surface area contributed by atoms with Gasteiger partial charge in [-0.3, -0.25) is 24.0 Å². The number of amides is 2. The van der Waals surface area contributed by atoms with Gasteiger partial charge in [0.05, 0.1) is 21.7 Å². The second kappa shape index (κ2) is 16.6. The zero-order valence-electron chi connectivity index (χ0n) is 27.1. The van der Waals surface area contributed by atoms with Crippen LogP contribution in [0.3, 0.4) is 0 Å². The molecule has 4 rings (SSSR count). The third-order valence-corrected chi connectivity index (χ3v) is 10.5. The summed E-state index contributed by atoms with van der Waals surface area (Å²) in [7, 11) is 0. The summed E-state index contributed by atoms with van der Waals surface area (Å²) in [5, 5.41) is 8.87. The predicted octanol–water partition coefficient (Wildman–Crippen LogP) is 5.67. The zero-order chi connectivity index (χ0) is 36.0. The molecule has 1 N–H and O–H groups in total. The van der Waals surface area contributed by atoms with Crippen molar-refractivity contribution in [3.63, 3.8) is 0 Å². The fourth-order valence-corrected chi connectivity index (χ4v) is 7.44. The first-order valence-corrected chi connectivity index (χ1v) is 17.6. The van der Waals surface area contributed by atoms with Crippen LogP contribution < -0.4 is 0 Å². The summed E-state index contributed by atoms with van der Waals surface area (Å²) in [5.74, 6) is -5.11. The Hall–Kier alpha value is -4.01. The third-order valence-electron chi connectivity index (χ3n) is 8.27.